The van der Waals surface area contributed by atoms with Gasteiger partial charge in [-0.15, -0.1) is 0 Å². The standard InChI is InChI=1S/C17H27N3O2/c1-10(2)16(18)17(22)19-9-15(21)20-13(5)14-8-6-7-11(3)12(14)4/h6-8,10,13,16H,9,18H2,1-5H3,(H,19,22)(H,20,21)/t13?,16-/m0/s1. The number of nitrogens with two attached hydrogens (primary N) is 1. The van der Waals surface area contributed by atoms with Gasteiger partial charge in [0.15, 0.2) is 0 Å². The predicted octanol–water partition coefficient (Wildman–Crippen LogP) is 1.58. The van der Waals surface area contributed by atoms with Crippen molar-refractivity contribution in [1.29, 1.82) is 0 Å². The van der Waals surface area contributed by atoms with Crippen LogP contribution >= 0.6 is 0 Å². The van der Waals surface area contributed by atoms with Crippen molar-refractivity contribution < 1.29 is 9.59 Å². The molecule has 0 aliphatic rings. The monoisotopic (exact) mass is 305 g/mol. The van der Waals surface area contributed by atoms with E-state index in [-0.39, 0.29) is 30.3 Å². The second kappa shape index (κ2) is 7.94. The van der Waals surface area contributed by atoms with E-state index in [9.17, 15) is 9.59 Å². The molecule has 0 saturated carbocycles. The normalized spacial score (nSPS) is 13.6. The minimum Gasteiger partial charge on any atom is -0.348 e. The number of nitrogens with one attached hydrogen (secondary N) is 2. The zero-order valence-corrected chi connectivity index (χ0v) is 14.1. The molecule has 0 aliphatic carbocycles. The molecule has 2 atom stereocenters. The minimum absolute atomic E-state index is 0.0388. The van der Waals surface area contributed by atoms with Gasteiger partial charge < -0.3 is 16.4 Å². The molecule has 1 rings (SSSR count). The number of benzene rings is 1. The van der Waals surface area contributed by atoms with Gasteiger partial charge in [-0.3, -0.25) is 9.59 Å². The van der Waals surface area contributed by atoms with Gasteiger partial charge in [-0.2, -0.15) is 0 Å². The van der Waals surface area contributed by atoms with Gasteiger partial charge in [-0.25, -0.2) is 0 Å². The van der Waals surface area contributed by atoms with Gasteiger partial charge in [-0.05, 0) is 43.4 Å². The summed E-state index contributed by atoms with van der Waals surface area (Å²) in [5.41, 5.74) is 9.17. The lowest BCUT2D eigenvalue weighted by atomic mass is 9.98. The Morgan fingerprint density at radius 3 is 2.41 bits per heavy atom. The predicted molar refractivity (Wildman–Crippen MR) is 88.3 cm³/mol. The van der Waals surface area contributed by atoms with E-state index in [1.54, 1.807) is 0 Å². The SMILES string of the molecule is Cc1cccc(C(C)NC(=O)CNC(=O)[C@@H](N)C(C)C)c1C. The van der Waals surface area contributed by atoms with E-state index in [2.05, 4.69) is 10.6 Å². The number of amides is 2. The van der Waals surface area contributed by atoms with E-state index in [4.69, 9.17) is 5.73 Å². The van der Waals surface area contributed by atoms with Crippen molar-refractivity contribution in [2.45, 2.75) is 46.7 Å². The van der Waals surface area contributed by atoms with Crippen LogP contribution in [0.2, 0.25) is 0 Å². The van der Waals surface area contributed by atoms with Crippen LogP contribution in [0.5, 0.6) is 0 Å². The van der Waals surface area contributed by atoms with E-state index < -0.39 is 6.04 Å². The van der Waals surface area contributed by atoms with E-state index in [1.807, 2.05) is 52.8 Å². The average Bonchev–Trinajstić information content (AvgIpc) is 2.46. The van der Waals surface area contributed by atoms with Crippen LogP contribution in [0.15, 0.2) is 18.2 Å². The fourth-order valence-electron chi connectivity index (χ4n) is 2.20. The summed E-state index contributed by atoms with van der Waals surface area (Å²) < 4.78 is 0. The molecule has 1 aromatic rings. The summed E-state index contributed by atoms with van der Waals surface area (Å²) in [6, 6.07) is 5.32. The third kappa shape index (κ3) is 4.84. The molecule has 5 heteroatoms. The highest BCUT2D eigenvalue weighted by Gasteiger charge is 2.18. The van der Waals surface area contributed by atoms with Crippen LogP contribution in [0.25, 0.3) is 0 Å². The van der Waals surface area contributed by atoms with Crippen molar-refractivity contribution in [2.75, 3.05) is 6.54 Å². The number of aryl methyl sites for hydroxylation is 1. The Labute approximate surface area is 132 Å². The lowest BCUT2D eigenvalue weighted by Gasteiger charge is -2.19. The molecule has 1 unspecified atom stereocenters. The lowest BCUT2D eigenvalue weighted by molar-refractivity contribution is -0.127. The summed E-state index contributed by atoms with van der Waals surface area (Å²) in [6.07, 6.45) is 0. The fraction of sp³-hybridized carbons (Fsp3) is 0.529. The number of hydrogen-bond acceptors (Lipinski definition) is 3. The molecule has 5 nitrogen and oxygen atoms in total. The molecule has 0 aliphatic heterocycles. The molecule has 2 amide bonds. The molecule has 4 N–H and O–H groups in total. The Balaban J connectivity index is 2.55. The molecule has 0 aromatic heterocycles. The van der Waals surface area contributed by atoms with Crippen molar-refractivity contribution in [3.8, 4) is 0 Å². The van der Waals surface area contributed by atoms with Crippen molar-refractivity contribution in [2.24, 2.45) is 11.7 Å². The maximum absolute atomic E-state index is 12.0. The van der Waals surface area contributed by atoms with Gasteiger partial charge in [-0.1, -0.05) is 32.0 Å². The van der Waals surface area contributed by atoms with Crippen LogP contribution in [0, 0.1) is 19.8 Å². The third-order valence-corrected chi connectivity index (χ3v) is 3.93. The van der Waals surface area contributed by atoms with Crippen LogP contribution < -0.4 is 16.4 Å². The van der Waals surface area contributed by atoms with Crippen LogP contribution in [0.3, 0.4) is 0 Å². The number of hydrogen-bond donors (Lipinski definition) is 3. The Bertz CT molecular complexity index is 541. The van der Waals surface area contributed by atoms with Crippen molar-refractivity contribution in [3.05, 3.63) is 34.9 Å². The summed E-state index contributed by atoms with van der Waals surface area (Å²) in [6.45, 7) is 9.69. The highest BCUT2D eigenvalue weighted by Crippen LogP contribution is 2.19. The second-order valence-electron chi connectivity index (χ2n) is 6.07. The second-order valence-corrected chi connectivity index (χ2v) is 6.07. The average molecular weight is 305 g/mol. The highest BCUT2D eigenvalue weighted by molar-refractivity contribution is 5.87. The topological polar surface area (TPSA) is 84.2 Å². The molecule has 22 heavy (non-hydrogen) atoms. The Hall–Kier alpha value is -1.88. The van der Waals surface area contributed by atoms with Gasteiger partial charge >= 0.3 is 0 Å². The first kappa shape index (κ1) is 18.2. The minimum atomic E-state index is -0.593. The summed E-state index contributed by atoms with van der Waals surface area (Å²) >= 11 is 0. The smallest absolute Gasteiger partial charge is 0.239 e. The quantitative estimate of drug-likeness (QED) is 0.746. The Kier molecular flexibility index (Phi) is 6.56. The Morgan fingerprint density at radius 2 is 1.82 bits per heavy atom. The van der Waals surface area contributed by atoms with Crippen LogP contribution in [-0.4, -0.2) is 24.4 Å². The summed E-state index contributed by atoms with van der Waals surface area (Å²) in [7, 11) is 0. The van der Waals surface area contributed by atoms with Crippen molar-refractivity contribution in [3.63, 3.8) is 0 Å². The molecule has 0 bridgehead atoms. The summed E-state index contributed by atoms with van der Waals surface area (Å²) in [5, 5.41) is 5.46. The van der Waals surface area contributed by atoms with E-state index in [0.717, 1.165) is 5.56 Å². The van der Waals surface area contributed by atoms with Gasteiger partial charge in [0.2, 0.25) is 11.8 Å². The molecular weight excluding hydrogens is 278 g/mol. The molecule has 122 valence electrons. The maximum Gasteiger partial charge on any atom is 0.239 e. The van der Waals surface area contributed by atoms with Crippen molar-refractivity contribution in [1.82, 2.24) is 10.6 Å². The number of carbonyl (C=O) groups is 2. The van der Waals surface area contributed by atoms with Gasteiger partial charge in [0.25, 0.3) is 0 Å². The highest BCUT2D eigenvalue weighted by atomic mass is 16.2. The zero-order valence-electron chi connectivity index (χ0n) is 14.1. The molecule has 0 radical (unpaired) electrons. The molecule has 0 heterocycles. The van der Waals surface area contributed by atoms with E-state index in [1.165, 1.54) is 11.1 Å². The molecular formula is C17H27N3O2. The molecule has 0 saturated heterocycles. The van der Waals surface area contributed by atoms with Crippen molar-refractivity contribution >= 4 is 11.8 Å². The third-order valence-electron chi connectivity index (χ3n) is 3.93. The van der Waals surface area contributed by atoms with Gasteiger partial charge in [0.05, 0.1) is 18.6 Å². The lowest BCUT2D eigenvalue weighted by Crippen LogP contribution is -2.47. The summed E-state index contributed by atoms with van der Waals surface area (Å²) in [4.78, 5) is 23.7. The largest absolute Gasteiger partial charge is 0.348 e. The Morgan fingerprint density at radius 1 is 1.18 bits per heavy atom. The first-order chi connectivity index (χ1) is 10.2. The summed E-state index contributed by atoms with van der Waals surface area (Å²) in [5.74, 6) is -0.487. The van der Waals surface area contributed by atoms with Crippen LogP contribution in [-0.2, 0) is 9.59 Å². The van der Waals surface area contributed by atoms with Crippen LogP contribution in [0.1, 0.15) is 43.5 Å². The van der Waals surface area contributed by atoms with Crippen LogP contribution in [0.4, 0.5) is 0 Å². The molecule has 0 fully saturated rings. The first-order valence-electron chi connectivity index (χ1n) is 7.62. The van der Waals surface area contributed by atoms with Gasteiger partial charge in [0, 0.05) is 0 Å². The zero-order chi connectivity index (χ0) is 16.9. The van der Waals surface area contributed by atoms with Gasteiger partial charge in [0.1, 0.15) is 0 Å². The van der Waals surface area contributed by atoms with E-state index in [0.29, 0.717) is 0 Å². The number of rotatable bonds is 6. The van der Waals surface area contributed by atoms with E-state index >= 15 is 0 Å². The first-order valence-corrected chi connectivity index (χ1v) is 7.62. The number of carbonyl (C=O) groups excluding carboxylic acids is 2. The maximum atomic E-state index is 12.0. The molecule has 1 aromatic carbocycles. The molecule has 0 spiro atoms. The fourth-order valence-corrected chi connectivity index (χ4v) is 2.20.